The molecule has 1 atom stereocenters. The first-order valence-corrected chi connectivity index (χ1v) is 11.0. The molecule has 3 heterocycles. The zero-order chi connectivity index (χ0) is 21.6. The molecule has 1 N–H and O–H groups in total. The van der Waals surface area contributed by atoms with Gasteiger partial charge in [-0.3, -0.25) is 4.79 Å². The maximum Gasteiger partial charge on any atom is 0.274 e. The Hall–Kier alpha value is -2.58. The molecule has 166 valence electrons. The van der Waals surface area contributed by atoms with Crippen LogP contribution in [-0.4, -0.2) is 78.2 Å². The van der Waals surface area contributed by atoms with Crippen molar-refractivity contribution in [1.82, 2.24) is 19.8 Å². The van der Waals surface area contributed by atoms with Gasteiger partial charge >= 0.3 is 0 Å². The van der Waals surface area contributed by atoms with E-state index in [0.29, 0.717) is 36.7 Å². The third-order valence-corrected chi connectivity index (χ3v) is 6.03. The van der Waals surface area contributed by atoms with Crippen LogP contribution in [0.1, 0.15) is 41.0 Å². The monoisotopic (exact) mass is 427 g/mol. The van der Waals surface area contributed by atoms with E-state index in [2.05, 4.69) is 20.2 Å². The molecule has 2 aliphatic heterocycles. The molecule has 2 saturated heterocycles. The summed E-state index contributed by atoms with van der Waals surface area (Å²) in [5, 5.41) is 3.39. The third kappa shape index (κ3) is 5.57. The van der Waals surface area contributed by atoms with Gasteiger partial charge in [-0.1, -0.05) is 12.1 Å². The first-order chi connectivity index (χ1) is 15.1. The summed E-state index contributed by atoms with van der Waals surface area (Å²) in [7, 11) is 1.67. The molecule has 1 amide bonds. The van der Waals surface area contributed by atoms with E-state index in [1.807, 2.05) is 0 Å². The molecule has 2 aromatic rings. The Kier molecular flexibility index (Phi) is 7.09. The zero-order valence-electron chi connectivity index (χ0n) is 18.0. The molecule has 0 bridgehead atoms. The largest absolute Gasteiger partial charge is 0.380 e. The summed E-state index contributed by atoms with van der Waals surface area (Å²) in [5.74, 6) is 0.275. The minimum Gasteiger partial charge on any atom is -0.380 e. The quantitative estimate of drug-likeness (QED) is 0.698. The average Bonchev–Trinajstić information content (AvgIpc) is 3.48. The molecular formula is C23H30FN5O2. The molecule has 31 heavy (non-hydrogen) atoms. The van der Waals surface area contributed by atoms with Gasteiger partial charge < -0.3 is 19.9 Å². The number of benzene rings is 1. The minimum absolute atomic E-state index is 0.0714. The lowest BCUT2D eigenvalue weighted by atomic mass is 10.1. The van der Waals surface area contributed by atoms with Crippen molar-refractivity contribution in [3.63, 3.8) is 0 Å². The van der Waals surface area contributed by atoms with E-state index < -0.39 is 0 Å². The van der Waals surface area contributed by atoms with Gasteiger partial charge in [-0.15, -0.1) is 0 Å². The van der Waals surface area contributed by atoms with Crippen LogP contribution in [0.4, 0.5) is 10.2 Å². The number of hydrogen-bond donors (Lipinski definition) is 1. The van der Waals surface area contributed by atoms with E-state index in [1.54, 1.807) is 30.3 Å². The normalized spacial score (nSPS) is 19.2. The molecule has 2 aliphatic rings. The van der Waals surface area contributed by atoms with Crippen molar-refractivity contribution < 1.29 is 13.9 Å². The maximum absolute atomic E-state index is 13.3. The lowest BCUT2D eigenvalue weighted by Crippen LogP contribution is -2.31. The highest BCUT2D eigenvalue weighted by Crippen LogP contribution is 2.19. The second kappa shape index (κ2) is 10.2. The smallest absolute Gasteiger partial charge is 0.274 e. The van der Waals surface area contributed by atoms with Crippen molar-refractivity contribution >= 4 is 11.7 Å². The van der Waals surface area contributed by atoms with Crippen molar-refractivity contribution in [1.29, 1.82) is 0 Å². The highest BCUT2D eigenvalue weighted by atomic mass is 19.1. The van der Waals surface area contributed by atoms with Gasteiger partial charge in [0.1, 0.15) is 17.3 Å². The molecule has 1 aromatic heterocycles. The summed E-state index contributed by atoms with van der Waals surface area (Å²) in [4.78, 5) is 26.4. The Morgan fingerprint density at radius 2 is 2.00 bits per heavy atom. The van der Waals surface area contributed by atoms with E-state index in [0.717, 1.165) is 38.2 Å². The molecule has 8 heteroatoms. The van der Waals surface area contributed by atoms with Crippen LogP contribution in [0, 0.1) is 5.82 Å². The number of rotatable bonds is 8. The molecule has 1 unspecified atom stereocenters. The number of halogens is 1. The molecular weight excluding hydrogens is 397 g/mol. The number of hydrogen-bond acceptors (Lipinski definition) is 6. The van der Waals surface area contributed by atoms with Crippen molar-refractivity contribution in [2.45, 2.75) is 31.8 Å². The molecule has 7 nitrogen and oxygen atoms in total. The predicted molar refractivity (Wildman–Crippen MR) is 117 cm³/mol. The third-order valence-electron chi connectivity index (χ3n) is 6.03. The molecule has 1 aromatic carbocycles. The summed E-state index contributed by atoms with van der Waals surface area (Å²) >= 11 is 0. The van der Waals surface area contributed by atoms with Crippen molar-refractivity contribution in [2.75, 3.05) is 51.7 Å². The molecule has 0 spiro atoms. The van der Waals surface area contributed by atoms with Crippen LogP contribution in [0.25, 0.3) is 0 Å². The van der Waals surface area contributed by atoms with Crippen LogP contribution in [0.15, 0.2) is 30.5 Å². The predicted octanol–water partition coefficient (Wildman–Crippen LogP) is 2.58. The van der Waals surface area contributed by atoms with Gasteiger partial charge in [-0.2, -0.15) is 0 Å². The number of anilines is 1. The van der Waals surface area contributed by atoms with E-state index in [4.69, 9.17) is 4.74 Å². The van der Waals surface area contributed by atoms with Crippen LogP contribution in [-0.2, 0) is 11.2 Å². The SMILES string of the molecule is COC1CCN(C(=O)c2cnc(NCCN3CCCC3)c(Cc3ccc(F)cc3)n2)C1. The van der Waals surface area contributed by atoms with Crippen molar-refractivity contribution in [2.24, 2.45) is 0 Å². The number of nitrogens with one attached hydrogen (secondary N) is 1. The minimum atomic E-state index is -0.274. The lowest BCUT2D eigenvalue weighted by Gasteiger charge is -2.18. The van der Waals surface area contributed by atoms with Gasteiger partial charge in [0.05, 0.1) is 18.0 Å². The molecule has 2 fully saturated rings. The summed E-state index contributed by atoms with van der Waals surface area (Å²) in [5.41, 5.74) is 1.95. The number of carbonyl (C=O) groups excluding carboxylic acids is 1. The highest BCUT2D eigenvalue weighted by Gasteiger charge is 2.28. The fraction of sp³-hybridized carbons (Fsp3) is 0.522. The van der Waals surface area contributed by atoms with Gasteiger partial charge in [0, 0.05) is 39.7 Å². The van der Waals surface area contributed by atoms with E-state index in [-0.39, 0.29) is 17.8 Å². The molecule has 4 rings (SSSR count). The summed E-state index contributed by atoms with van der Waals surface area (Å²) < 4.78 is 18.7. The van der Waals surface area contributed by atoms with Crippen LogP contribution in [0.3, 0.4) is 0 Å². The molecule has 0 radical (unpaired) electrons. The van der Waals surface area contributed by atoms with Crippen LogP contribution in [0.5, 0.6) is 0 Å². The number of aromatic nitrogens is 2. The fourth-order valence-electron chi connectivity index (χ4n) is 4.20. The first-order valence-electron chi connectivity index (χ1n) is 11.0. The van der Waals surface area contributed by atoms with Gasteiger partial charge in [-0.25, -0.2) is 14.4 Å². The van der Waals surface area contributed by atoms with Crippen molar-refractivity contribution in [3.8, 4) is 0 Å². The summed E-state index contributed by atoms with van der Waals surface area (Å²) in [6.07, 6.45) is 5.44. The number of carbonyl (C=O) groups is 1. The van der Waals surface area contributed by atoms with Gasteiger partial charge in [0.15, 0.2) is 0 Å². The number of amides is 1. The van der Waals surface area contributed by atoms with Crippen LogP contribution < -0.4 is 5.32 Å². The number of nitrogens with zero attached hydrogens (tertiary/aromatic N) is 4. The maximum atomic E-state index is 13.3. The topological polar surface area (TPSA) is 70.6 Å². The Morgan fingerprint density at radius 3 is 2.71 bits per heavy atom. The van der Waals surface area contributed by atoms with Gasteiger partial charge in [0.2, 0.25) is 0 Å². The van der Waals surface area contributed by atoms with Crippen LogP contribution in [0.2, 0.25) is 0 Å². The second-order valence-electron chi connectivity index (χ2n) is 8.23. The van der Waals surface area contributed by atoms with E-state index >= 15 is 0 Å². The second-order valence-corrected chi connectivity index (χ2v) is 8.23. The number of methoxy groups -OCH3 is 1. The van der Waals surface area contributed by atoms with Gasteiger partial charge in [-0.05, 0) is 50.0 Å². The summed E-state index contributed by atoms with van der Waals surface area (Å²) in [6.45, 7) is 5.22. The standard InChI is InChI=1S/C23H30FN5O2/c1-31-19-8-12-29(16-19)23(30)21-15-26-22(25-9-13-28-10-2-3-11-28)20(27-21)14-17-4-6-18(24)7-5-17/h4-7,15,19H,2-3,8-14,16H2,1H3,(H,25,26). The molecule has 0 aliphatic carbocycles. The zero-order valence-corrected chi connectivity index (χ0v) is 18.0. The Labute approximate surface area is 182 Å². The summed E-state index contributed by atoms with van der Waals surface area (Å²) in [6, 6.07) is 6.35. The van der Waals surface area contributed by atoms with Crippen molar-refractivity contribution in [3.05, 3.63) is 53.2 Å². The van der Waals surface area contributed by atoms with Gasteiger partial charge in [0.25, 0.3) is 5.91 Å². The average molecular weight is 428 g/mol. The van der Waals surface area contributed by atoms with Crippen LogP contribution >= 0.6 is 0 Å². The highest BCUT2D eigenvalue weighted by molar-refractivity contribution is 5.92. The Balaban J connectivity index is 1.50. The van der Waals surface area contributed by atoms with E-state index in [1.165, 1.54) is 25.0 Å². The number of likely N-dealkylation sites (tertiary alicyclic amines) is 2. The first kappa shape index (κ1) is 21.6. The molecule has 0 saturated carbocycles. The Bertz CT molecular complexity index is 886. The van der Waals surface area contributed by atoms with E-state index in [9.17, 15) is 9.18 Å². The Morgan fingerprint density at radius 1 is 1.23 bits per heavy atom. The fourth-order valence-corrected chi connectivity index (χ4v) is 4.20. The number of ether oxygens (including phenoxy) is 1. The lowest BCUT2D eigenvalue weighted by molar-refractivity contribution is 0.0718.